The Morgan fingerprint density at radius 2 is 2.32 bits per heavy atom. The maximum atomic E-state index is 11.9. The Labute approximate surface area is 117 Å². The van der Waals surface area contributed by atoms with Gasteiger partial charge in [0.05, 0.1) is 13.2 Å². The number of halogens is 1. The van der Waals surface area contributed by atoms with Crippen molar-refractivity contribution in [1.29, 1.82) is 0 Å². The number of nitrogens with one attached hydrogen (secondary N) is 1. The molecular formula is C13H18ClN3O2. The molecule has 1 aliphatic rings. The molecule has 0 bridgehead atoms. The molecule has 2 heterocycles. The van der Waals surface area contributed by atoms with E-state index in [1.165, 1.54) is 6.20 Å². The molecule has 19 heavy (non-hydrogen) atoms. The van der Waals surface area contributed by atoms with Crippen LogP contribution in [0, 0.1) is 0 Å². The number of rotatable bonds is 4. The molecule has 0 aromatic carbocycles. The van der Waals surface area contributed by atoms with Crippen LogP contribution in [-0.4, -0.2) is 54.7 Å². The highest BCUT2D eigenvalue weighted by atomic mass is 35.5. The van der Waals surface area contributed by atoms with E-state index in [1.54, 1.807) is 12.1 Å². The maximum absolute atomic E-state index is 11.9. The number of ether oxygens (including phenoxy) is 1. The number of amides is 1. The standard InChI is InChI=1S/C13H18ClN3O2/c1-10(17-4-6-19-7-5-17)9-16-13(18)12-8-11(14)2-3-15-12/h2-3,8,10H,4-7,9H2,1H3,(H,16,18). The highest BCUT2D eigenvalue weighted by Crippen LogP contribution is 2.08. The summed E-state index contributed by atoms with van der Waals surface area (Å²) >= 11 is 5.83. The van der Waals surface area contributed by atoms with Crippen LogP contribution in [0.15, 0.2) is 18.3 Å². The summed E-state index contributed by atoms with van der Waals surface area (Å²) in [5.74, 6) is -0.192. The van der Waals surface area contributed by atoms with Gasteiger partial charge in [0.2, 0.25) is 0 Å². The molecular weight excluding hydrogens is 266 g/mol. The fourth-order valence-corrected chi connectivity index (χ4v) is 2.17. The first kappa shape index (κ1) is 14.2. The van der Waals surface area contributed by atoms with Crippen molar-refractivity contribution in [3.05, 3.63) is 29.0 Å². The molecule has 104 valence electrons. The molecule has 1 N–H and O–H groups in total. The lowest BCUT2D eigenvalue weighted by Gasteiger charge is -2.32. The van der Waals surface area contributed by atoms with E-state index in [1.807, 2.05) is 0 Å². The van der Waals surface area contributed by atoms with Gasteiger partial charge in [-0.1, -0.05) is 11.6 Å². The Kier molecular flexibility index (Phi) is 5.13. The van der Waals surface area contributed by atoms with Crippen LogP contribution in [0.4, 0.5) is 0 Å². The average molecular weight is 284 g/mol. The molecule has 6 heteroatoms. The number of carbonyl (C=O) groups is 1. The van der Waals surface area contributed by atoms with Gasteiger partial charge in [-0.15, -0.1) is 0 Å². The van der Waals surface area contributed by atoms with Gasteiger partial charge in [-0.3, -0.25) is 14.7 Å². The highest BCUT2D eigenvalue weighted by molar-refractivity contribution is 6.30. The Morgan fingerprint density at radius 3 is 3.00 bits per heavy atom. The van der Waals surface area contributed by atoms with Gasteiger partial charge in [-0.25, -0.2) is 0 Å². The fourth-order valence-electron chi connectivity index (χ4n) is 2.01. The minimum Gasteiger partial charge on any atom is -0.379 e. The summed E-state index contributed by atoms with van der Waals surface area (Å²) in [5.41, 5.74) is 0.349. The number of aromatic nitrogens is 1. The Morgan fingerprint density at radius 1 is 1.58 bits per heavy atom. The number of morpholine rings is 1. The van der Waals surface area contributed by atoms with Crippen LogP contribution >= 0.6 is 11.6 Å². The van der Waals surface area contributed by atoms with Gasteiger partial charge in [-0.05, 0) is 19.1 Å². The number of carbonyl (C=O) groups excluding carboxylic acids is 1. The number of hydrogen-bond acceptors (Lipinski definition) is 4. The van der Waals surface area contributed by atoms with Crippen molar-refractivity contribution in [3.63, 3.8) is 0 Å². The third kappa shape index (κ3) is 4.16. The fraction of sp³-hybridized carbons (Fsp3) is 0.538. The van der Waals surface area contributed by atoms with E-state index >= 15 is 0 Å². The van der Waals surface area contributed by atoms with E-state index in [9.17, 15) is 4.79 Å². The van der Waals surface area contributed by atoms with E-state index in [0.717, 1.165) is 26.3 Å². The van der Waals surface area contributed by atoms with Crippen LogP contribution in [0.3, 0.4) is 0 Å². The number of nitrogens with zero attached hydrogens (tertiary/aromatic N) is 2. The quantitative estimate of drug-likeness (QED) is 0.902. The summed E-state index contributed by atoms with van der Waals surface area (Å²) in [6.45, 7) is 6.02. The van der Waals surface area contributed by atoms with Crippen LogP contribution in [0.1, 0.15) is 17.4 Å². The van der Waals surface area contributed by atoms with Gasteiger partial charge >= 0.3 is 0 Å². The van der Waals surface area contributed by atoms with Gasteiger partial charge in [0, 0.05) is 36.9 Å². The van der Waals surface area contributed by atoms with E-state index in [4.69, 9.17) is 16.3 Å². The van der Waals surface area contributed by atoms with Crippen LogP contribution in [0.2, 0.25) is 5.02 Å². The summed E-state index contributed by atoms with van der Waals surface area (Å²) < 4.78 is 5.30. The van der Waals surface area contributed by atoms with E-state index in [0.29, 0.717) is 17.3 Å². The predicted molar refractivity (Wildman–Crippen MR) is 73.4 cm³/mol. The minimum atomic E-state index is -0.192. The summed E-state index contributed by atoms with van der Waals surface area (Å²) in [6, 6.07) is 3.50. The molecule has 1 atom stereocenters. The largest absolute Gasteiger partial charge is 0.379 e. The molecule has 1 aromatic heterocycles. The monoisotopic (exact) mass is 283 g/mol. The molecule has 0 spiro atoms. The van der Waals surface area contributed by atoms with Gasteiger partial charge in [0.1, 0.15) is 5.69 Å². The molecule has 1 aliphatic heterocycles. The van der Waals surface area contributed by atoms with E-state index in [-0.39, 0.29) is 11.9 Å². The van der Waals surface area contributed by atoms with Crippen LogP contribution in [0.5, 0.6) is 0 Å². The summed E-state index contributed by atoms with van der Waals surface area (Å²) in [6.07, 6.45) is 1.53. The Hall–Kier alpha value is -1.17. The normalized spacial score (nSPS) is 18.0. The highest BCUT2D eigenvalue weighted by Gasteiger charge is 2.18. The van der Waals surface area contributed by atoms with Gasteiger partial charge < -0.3 is 10.1 Å². The molecule has 2 rings (SSSR count). The summed E-state index contributed by atoms with van der Waals surface area (Å²) in [7, 11) is 0. The van der Waals surface area contributed by atoms with E-state index in [2.05, 4.69) is 22.1 Å². The van der Waals surface area contributed by atoms with Crippen molar-refractivity contribution in [3.8, 4) is 0 Å². The zero-order chi connectivity index (χ0) is 13.7. The summed E-state index contributed by atoms with van der Waals surface area (Å²) in [4.78, 5) is 18.2. The molecule has 1 fully saturated rings. The second kappa shape index (κ2) is 6.84. The van der Waals surface area contributed by atoms with Gasteiger partial charge in [-0.2, -0.15) is 0 Å². The van der Waals surface area contributed by atoms with E-state index < -0.39 is 0 Å². The SMILES string of the molecule is CC(CNC(=O)c1cc(Cl)ccn1)N1CCOCC1. The van der Waals surface area contributed by atoms with Crippen LogP contribution in [-0.2, 0) is 4.74 Å². The third-order valence-corrected chi connectivity index (χ3v) is 3.42. The van der Waals surface area contributed by atoms with Crippen LogP contribution in [0.25, 0.3) is 0 Å². The molecule has 1 unspecified atom stereocenters. The van der Waals surface area contributed by atoms with Crippen molar-refractivity contribution < 1.29 is 9.53 Å². The van der Waals surface area contributed by atoms with Crippen molar-refractivity contribution in [2.75, 3.05) is 32.8 Å². The average Bonchev–Trinajstić information content (AvgIpc) is 2.45. The number of pyridine rings is 1. The first-order chi connectivity index (χ1) is 9.16. The van der Waals surface area contributed by atoms with Gasteiger partial charge in [0.25, 0.3) is 5.91 Å². The lowest BCUT2D eigenvalue weighted by molar-refractivity contribution is 0.0204. The first-order valence-corrected chi connectivity index (χ1v) is 6.76. The molecule has 1 aromatic rings. The topological polar surface area (TPSA) is 54.5 Å². The van der Waals surface area contributed by atoms with Crippen molar-refractivity contribution in [2.24, 2.45) is 0 Å². The second-order valence-corrected chi connectivity index (χ2v) is 5.00. The van der Waals surface area contributed by atoms with Crippen molar-refractivity contribution in [2.45, 2.75) is 13.0 Å². The third-order valence-electron chi connectivity index (χ3n) is 3.18. The number of hydrogen-bond donors (Lipinski definition) is 1. The van der Waals surface area contributed by atoms with Crippen LogP contribution < -0.4 is 5.32 Å². The summed E-state index contributed by atoms with van der Waals surface area (Å²) in [5, 5.41) is 3.40. The Balaban J connectivity index is 1.82. The smallest absolute Gasteiger partial charge is 0.269 e. The maximum Gasteiger partial charge on any atom is 0.269 e. The molecule has 5 nitrogen and oxygen atoms in total. The molecule has 1 amide bonds. The molecule has 0 radical (unpaired) electrons. The molecule has 0 aliphatic carbocycles. The van der Waals surface area contributed by atoms with Gasteiger partial charge in [0.15, 0.2) is 0 Å². The zero-order valence-electron chi connectivity index (χ0n) is 10.9. The van der Waals surface area contributed by atoms with Crippen molar-refractivity contribution in [1.82, 2.24) is 15.2 Å². The Bertz CT molecular complexity index is 436. The first-order valence-electron chi connectivity index (χ1n) is 6.38. The lowest BCUT2D eigenvalue weighted by atomic mass is 10.2. The molecule has 0 saturated carbocycles. The zero-order valence-corrected chi connectivity index (χ0v) is 11.7. The predicted octanol–water partition coefficient (Wildman–Crippen LogP) is 1.19. The lowest BCUT2D eigenvalue weighted by Crippen LogP contribution is -2.47. The minimum absolute atomic E-state index is 0.192. The van der Waals surface area contributed by atoms with Crippen molar-refractivity contribution >= 4 is 17.5 Å². The second-order valence-electron chi connectivity index (χ2n) is 4.57. The molecule has 1 saturated heterocycles.